The van der Waals surface area contributed by atoms with E-state index >= 15 is 0 Å². The number of thioether (sulfide) groups is 1. The van der Waals surface area contributed by atoms with Gasteiger partial charge in [0.05, 0.1) is 0 Å². The van der Waals surface area contributed by atoms with Gasteiger partial charge in [0.2, 0.25) is 0 Å². The van der Waals surface area contributed by atoms with E-state index < -0.39 is 0 Å². The Kier molecular flexibility index (Phi) is 14.8. The Morgan fingerprint density at radius 2 is 0.978 bits per heavy atom. The summed E-state index contributed by atoms with van der Waals surface area (Å²) >= 11 is 1.59. The fourth-order valence-electron chi connectivity index (χ4n) is 6.35. The number of esters is 2. The van der Waals surface area contributed by atoms with Gasteiger partial charge in [-0.3, -0.25) is 9.59 Å². The van der Waals surface area contributed by atoms with Gasteiger partial charge in [0.15, 0.2) is 0 Å². The summed E-state index contributed by atoms with van der Waals surface area (Å²) in [5, 5.41) is 21.6. The molecular formula is C38H58O6S. The molecule has 0 unspecified atom stereocenters. The lowest BCUT2D eigenvalue weighted by Crippen LogP contribution is -2.19. The SMILES string of the molecule is CCc1cc(CCC(=O)OCCSCCOC(=O)CCc2cc(CC)c(O)c(CC)c2C(C)(C)C)c(C(C)(C)C)c(CC)c1O. The molecule has 0 fully saturated rings. The van der Waals surface area contributed by atoms with Crippen molar-refractivity contribution in [2.75, 3.05) is 24.7 Å². The molecule has 2 aromatic rings. The number of benzene rings is 2. The maximum atomic E-state index is 12.5. The molecule has 2 aromatic carbocycles. The van der Waals surface area contributed by atoms with Crippen LogP contribution in [0, 0.1) is 0 Å². The summed E-state index contributed by atoms with van der Waals surface area (Å²) in [6.45, 7) is 21.7. The first kappa shape index (κ1) is 38.5. The van der Waals surface area contributed by atoms with E-state index in [0.29, 0.717) is 61.9 Å². The lowest BCUT2D eigenvalue weighted by atomic mass is 9.77. The standard InChI is InChI=1S/C38H58O6S/c1-11-25-23-27(33(37(5,6)7)29(13-3)35(25)41)15-17-31(39)43-19-21-45-22-20-44-32(40)18-16-28-24-26(12-2)36(42)30(14-4)34(28)38(8,9)10/h23-24,41-42H,11-22H2,1-10H3. The average molecular weight is 643 g/mol. The molecule has 2 N–H and O–H groups in total. The van der Waals surface area contributed by atoms with Crippen LogP contribution in [0.1, 0.15) is 127 Å². The molecule has 0 saturated heterocycles. The molecule has 0 amide bonds. The highest BCUT2D eigenvalue weighted by Gasteiger charge is 2.27. The minimum absolute atomic E-state index is 0.146. The first-order valence-electron chi connectivity index (χ1n) is 16.7. The van der Waals surface area contributed by atoms with Gasteiger partial charge in [0.1, 0.15) is 24.7 Å². The number of rotatable bonds is 16. The second-order valence-electron chi connectivity index (χ2n) is 13.8. The van der Waals surface area contributed by atoms with Crippen molar-refractivity contribution >= 4 is 23.7 Å². The van der Waals surface area contributed by atoms with Crippen LogP contribution in [-0.2, 0) is 68.4 Å². The van der Waals surface area contributed by atoms with Crippen LogP contribution in [0.2, 0.25) is 0 Å². The number of hydrogen-bond acceptors (Lipinski definition) is 7. The highest BCUT2D eigenvalue weighted by molar-refractivity contribution is 7.99. The largest absolute Gasteiger partial charge is 0.507 e. The summed E-state index contributed by atoms with van der Waals surface area (Å²) in [6, 6.07) is 4.11. The highest BCUT2D eigenvalue weighted by atomic mass is 32.2. The Hall–Kier alpha value is -2.67. The molecule has 0 aliphatic carbocycles. The predicted octanol–water partition coefficient (Wildman–Crippen LogP) is 8.33. The molecule has 45 heavy (non-hydrogen) atoms. The number of hydrogen-bond donors (Lipinski definition) is 2. The molecule has 6 nitrogen and oxygen atoms in total. The molecule has 0 spiro atoms. The summed E-state index contributed by atoms with van der Waals surface area (Å²) in [7, 11) is 0. The Bertz CT molecular complexity index is 1200. The summed E-state index contributed by atoms with van der Waals surface area (Å²) in [4.78, 5) is 25.1. The molecule has 7 heteroatoms. The normalized spacial score (nSPS) is 12.0. The third-order valence-electron chi connectivity index (χ3n) is 8.27. The Morgan fingerprint density at radius 1 is 0.622 bits per heavy atom. The Labute approximate surface area is 276 Å². The number of aromatic hydroxyl groups is 2. The van der Waals surface area contributed by atoms with Crippen molar-refractivity contribution in [1.82, 2.24) is 0 Å². The maximum Gasteiger partial charge on any atom is 0.306 e. The van der Waals surface area contributed by atoms with Crippen LogP contribution in [-0.4, -0.2) is 46.9 Å². The van der Waals surface area contributed by atoms with Crippen LogP contribution in [0.25, 0.3) is 0 Å². The summed E-state index contributed by atoms with van der Waals surface area (Å²) in [5.74, 6) is 1.60. The molecule has 0 heterocycles. The quantitative estimate of drug-likeness (QED) is 0.140. The Morgan fingerprint density at radius 3 is 1.27 bits per heavy atom. The molecule has 0 atom stereocenters. The lowest BCUT2D eigenvalue weighted by molar-refractivity contribution is -0.143. The van der Waals surface area contributed by atoms with E-state index in [0.717, 1.165) is 70.2 Å². The first-order valence-corrected chi connectivity index (χ1v) is 17.9. The minimum atomic E-state index is -0.229. The van der Waals surface area contributed by atoms with Crippen LogP contribution in [0.3, 0.4) is 0 Å². The van der Waals surface area contributed by atoms with Gasteiger partial charge in [-0.1, -0.05) is 81.4 Å². The van der Waals surface area contributed by atoms with Crippen LogP contribution < -0.4 is 0 Å². The van der Waals surface area contributed by atoms with E-state index in [9.17, 15) is 19.8 Å². The van der Waals surface area contributed by atoms with Crippen LogP contribution >= 0.6 is 11.8 Å². The smallest absolute Gasteiger partial charge is 0.306 e. The molecule has 0 aliphatic rings. The van der Waals surface area contributed by atoms with Crippen molar-refractivity contribution in [3.05, 3.63) is 56.6 Å². The van der Waals surface area contributed by atoms with E-state index in [1.165, 1.54) is 0 Å². The molecule has 0 radical (unpaired) electrons. The van der Waals surface area contributed by atoms with E-state index in [4.69, 9.17) is 9.47 Å². The van der Waals surface area contributed by atoms with Crippen molar-refractivity contribution in [3.63, 3.8) is 0 Å². The molecular weight excluding hydrogens is 584 g/mol. The van der Waals surface area contributed by atoms with Gasteiger partial charge in [-0.25, -0.2) is 0 Å². The van der Waals surface area contributed by atoms with E-state index in [-0.39, 0.29) is 22.8 Å². The number of ether oxygens (including phenoxy) is 2. The lowest BCUT2D eigenvalue weighted by Gasteiger charge is -2.28. The zero-order valence-electron chi connectivity index (χ0n) is 29.6. The van der Waals surface area contributed by atoms with Gasteiger partial charge in [-0.2, -0.15) is 11.8 Å². The molecule has 0 bridgehead atoms. The van der Waals surface area contributed by atoms with Gasteiger partial charge < -0.3 is 19.7 Å². The number of phenolic OH excluding ortho intramolecular Hbond substituents is 2. The zero-order valence-corrected chi connectivity index (χ0v) is 30.4. The molecule has 252 valence electrons. The van der Waals surface area contributed by atoms with E-state index in [2.05, 4.69) is 67.5 Å². The number of carbonyl (C=O) groups excluding carboxylic acids is 2. The first-order chi connectivity index (χ1) is 21.1. The van der Waals surface area contributed by atoms with Crippen LogP contribution in [0.5, 0.6) is 11.5 Å². The fourth-order valence-corrected chi connectivity index (χ4v) is 6.96. The van der Waals surface area contributed by atoms with E-state index in [1.54, 1.807) is 11.8 Å². The van der Waals surface area contributed by atoms with Crippen LogP contribution in [0.15, 0.2) is 12.1 Å². The summed E-state index contributed by atoms with van der Waals surface area (Å²) in [6.07, 6.45) is 4.71. The molecule has 0 aromatic heterocycles. The molecule has 2 rings (SSSR count). The molecule has 0 saturated carbocycles. The Balaban J connectivity index is 1.79. The van der Waals surface area contributed by atoms with E-state index in [1.807, 2.05) is 13.8 Å². The number of carbonyl (C=O) groups is 2. The second-order valence-corrected chi connectivity index (χ2v) is 15.0. The average Bonchev–Trinajstić information content (AvgIpc) is 2.97. The maximum absolute atomic E-state index is 12.5. The van der Waals surface area contributed by atoms with Gasteiger partial charge >= 0.3 is 11.9 Å². The third kappa shape index (κ3) is 10.7. The van der Waals surface area contributed by atoms with Gasteiger partial charge in [-0.05, 0) is 93.9 Å². The van der Waals surface area contributed by atoms with Crippen molar-refractivity contribution in [3.8, 4) is 11.5 Å². The second kappa shape index (κ2) is 17.3. The monoisotopic (exact) mass is 642 g/mol. The van der Waals surface area contributed by atoms with Crippen molar-refractivity contribution < 1.29 is 29.3 Å². The summed E-state index contributed by atoms with van der Waals surface area (Å²) < 4.78 is 11.0. The number of phenols is 2. The van der Waals surface area contributed by atoms with Gasteiger partial charge in [0.25, 0.3) is 0 Å². The van der Waals surface area contributed by atoms with Gasteiger partial charge in [0, 0.05) is 24.3 Å². The van der Waals surface area contributed by atoms with Gasteiger partial charge in [-0.15, -0.1) is 0 Å². The topological polar surface area (TPSA) is 93.1 Å². The van der Waals surface area contributed by atoms with Crippen molar-refractivity contribution in [2.45, 2.75) is 131 Å². The van der Waals surface area contributed by atoms with Crippen molar-refractivity contribution in [1.29, 1.82) is 0 Å². The zero-order chi connectivity index (χ0) is 33.9. The molecule has 0 aliphatic heterocycles. The fraction of sp³-hybridized carbons (Fsp3) is 0.632. The highest BCUT2D eigenvalue weighted by Crippen LogP contribution is 2.39. The summed E-state index contributed by atoms with van der Waals surface area (Å²) in [5.41, 5.74) is 8.00. The third-order valence-corrected chi connectivity index (χ3v) is 9.18. The van der Waals surface area contributed by atoms with Crippen LogP contribution in [0.4, 0.5) is 0 Å². The minimum Gasteiger partial charge on any atom is -0.507 e. The number of aryl methyl sites for hydroxylation is 4. The van der Waals surface area contributed by atoms with Crippen molar-refractivity contribution in [2.24, 2.45) is 0 Å². The predicted molar refractivity (Wildman–Crippen MR) is 187 cm³/mol.